The lowest BCUT2D eigenvalue weighted by Gasteiger charge is -2.31. The molecule has 1 saturated heterocycles. The Balaban J connectivity index is 1.70. The molecule has 0 aromatic heterocycles. The summed E-state index contributed by atoms with van der Waals surface area (Å²) in [5.41, 5.74) is 1.87. The molecule has 1 amide bonds. The maximum absolute atomic E-state index is 13.8. The van der Waals surface area contributed by atoms with E-state index < -0.39 is 45.0 Å². The van der Waals surface area contributed by atoms with Crippen molar-refractivity contribution in [2.24, 2.45) is 5.92 Å². The number of amides is 1. The van der Waals surface area contributed by atoms with Gasteiger partial charge in [0, 0.05) is 19.0 Å². The first-order valence-corrected chi connectivity index (χ1v) is 11.0. The number of piperidine rings is 1. The van der Waals surface area contributed by atoms with Crippen LogP contribution in [0, 0.1) is 44.1 Å². The molecule has 0 saturated carbocycles. The van der Waals surface area contributed by atoms with Crippen molar-refractivity contribution in [3.8, 4) is 0 Å². The molecule has 9 heteroatoms. The van der Waals surface area contributed by atoms with Gasteiger partial charge in [0.05, 0.1) is 10.6 Å². The summed E-state index contributed by atoms with van der Waals surface area (Å²) in [6.07, 6.45) is 0.473. The van der Waals surface area contributed by atoms with Gasteiger partial charge in [-0.25, -0.2) is 21.6 Å². The van der Waals surface area contributed by atoms with Crippen molar-refractivity contribution in [3.63, 3.8) is 0 Å². The number of benzene rings is 2. The van der Waals surface area contributed by atoms with Crippen molar-refractivity contribution in [2.45, 2.75) is 38.5 Å². The minimum absolute atomic E-state index is 0.132. The first-order chi connectivity index (χ1) is 14.0. The Kier molecular flexibility index (Phi) is 6.24. The van der Waals surface area contributed by atoms with E-state index in [-0.39, 0.29) is 30.8 Å². The van der Waals surface area contributed by atoms with Crippen LogP contribution in [0.2, 0.25) is 0 Å². The molecule has 0 spiro atoms. The highest BCUT2D eigenvalue weighted by atomic mass is 32.2. The Labute approximate surface area is 173 Å². The second-order valence-corrected chi connectivity index (χ2v) is 9.49. The summed E-state index contributed by atoms with van der Waals surface area (Å²) in [6, 6.07) is 5.32. The van der Waals surface area contributed by atoms with Gasteiger partial charge in [0.15, 0.2) is 17.5 Å². The summed E-state index contributed by atoms with van der Waals surface area (Å²) < 4.78 is 67.7. The van der Waals surface area contributed by atoms with Crippen molar-refractivity contribution in [3.05, 3.63) is 58.4 Å². The summed E-state index contributed by atoms with van der Waals surface area (Å²) in [6.45, 7) is 5.67. The largest absolute Gasteiger partial charge is 0.323 e. The lowest BCUT2D eigenvalue weighted by Crippen LogP contribution is -2.41. The molecule has 0 unspecified atom stereocenters. The highest BCUT2D eigenvalue weighted by Gasteiger charge is 2.34. The summed E-state index contributed by atoms with van der Waals surface area (Å²) in [4.78, 5) is 12.7. The minimum atomic E-state index is -3.71. The number of halogens is 3. The quantitative estimate of drug-likeness (QED) is 0.729. The topological polar surface area (TPSA) is 66.5 Å². The zero-order valence-corrected chi connectivity index (χ0v) is 17.7. The first kappa shape index (κ1) is 22.3. The number of hydrogen-bond acceptors (Lipinski definition) is 3. The molecule has 1 aliphatic heterocycles. The molecule has 3 rings (SSSR count). The van der Waals surface area contributed by atoms with E-state index in [0.29, 0.717) is 11.1 Å². The van der Waals surface area contributed by atoms with Gasteiger partial charge in [-0.3, -0.25) is 4.79 Å². The molecule has 162 valence electrons. The standard InChI is InChI=1S/C21H23F3N2O3S/c1-12-10-13(2)20(14(3)11-12)30(28,29)26-8-6-15(7-9-26)21(27)25-17-5-4-16(22)18(23)19(17)24/h4-5,10-11,15H,6-9H2,1-3H3,(H,25,27). The number of carbonyl (C=O) groups is 1. The molecule has 2 aromatic carbocycles. The van der Waals surface area contributed by atoms with E-state index in [2.05, 4.69) is 5.32 Å². The summed E-state index contributed by atoms with van der Waals surface area (Å²) in [5.74, 6) is -5.58. The Bertz CT molecular complexity index is 1070. The summed E-state index contributed by atoms with van der Waals surface area (Å²) in [5, 5.41) is 2.27. The number of anilines is 1. The SMILES string of the molecule is Cc1cc(C)c(S(=O)(=O)N2CCC(C(=O)Nc3ccc(F)c(F)c3F)CC2)c(C)c1. The highest BCUT2D eigenvalue weighted by Crippen LogP contribution is 2.29. The molecule has 30 heavy (non-hydrogen) atoms. The third-order valence-electron chi connectivity index (χ3n) is 5.32. The number of sulfonamides is 1. The molecule has 0 aliphatic carbocycles. The molecule has 5 nitrogen and oxygen atoms in total. The number of nitrogens with one attached hydrogen (secondary N) is 1. The van der Waals surface area contributed by atoms with Gasteiger partial charge in [0.1, 0.15) is 0 Å². The fourth-order valence-corrected chi connectivity index (χ4v) is 5.80. The van der Waals surface area contributed by atoms with Gasteiger partial charge in [0.25, 0.3) is 0 Å². The Morgan fingerprint density at radius 3 is 2.13 bits per heavy atom. The third-order valence-corrected chi connectivity index (χ3v) is 7.53. The van der Waals surface area contributed by atoms with Crippen LogP contribution < -0.4 is 5.32 Å². The Morgan fingerprint density at radius 1 is 1.00 bits per heavy atom. The predicted molar refractivity (Wildman–Crippen MR) is 107 cm³/mol. The minimum Gasteiger partial charge on any atom is -0.323 e. The van der Waals surface area contributed by atoms with Crippen LogP contribution in [0.3, 0.4) is 0 Å². The molecule has 0 bridgehead atoms. The summed E-state index contributed by atoms with van der Waals surface area (Å²) in [7, 11) is -3.71. The van der Waals surface area contributed by atoms with Crippen molar-refractivity contribution < 1.29 is 26.4 Å². The molecule has 0 radical (unpaired) electrons. The van der Waals surface area contributed by atoms with Gasteiger partial charge in [-0.05, 0) is 56.9 Å². The van der Waals surface area contributed by atoms with Crippen LogP contribution in [0.5, 0.6) is 0 Å². The van der Waals surface area contributed by atoms with Gasteiger partial charge in [0.2, 0.25) is 15.9 Å². The zero-order valence-electron chi connectivity index (χ0n) is 16.9. The number of hydrogen-bond donors (Lipinski definition) is 1. The molecule has 1 aliphatic rings. The van der Waals surface area contributed by atoms with E-state index in [1.54, 1.807) is 13.8 Å². The second-order valence-electron chi connectivity index (χ2n) is 7.62. The second kappa shape index (κ2) is 8.39. The van der Waals surface area contributed by atoms with Crippen LogP contribution in [-0.4, -0.2) is 31.7 Å². The van der Waals surface area contributed by atoms with Gasteiger partial charge in [-0.2, -0.15) is 4.31 Å². The van der Waals surface area contributed by atoms with Gasteiger partial charge in [-0.1, -0.05) is 17.7 Å². The van der Waals surface area contributed by atoms with Crippen LogP contribution in [-0.2, 0) is 14.8 Å². The van der Waals surface area contributed by atoms with E-state index in [9.17, 15) is 26.4 Å². The lowest BCUT2D eigenvalue weighted by molar-refractivity contribution is -0.120. The van der Waals surface area contributed by atoms with E-state index in [1.807, 2.05) is 19.1 Å². The highest BCUT2D eigenvalue weighted by molar-refractivity contribution is 7.89. The Hall–Kier alpha value is -2.39. The number of rotatable bonds is 4. The van der Waals surface area contributed by atoms with E-state index in [4.69, 9.17) is 0 Å². The molecule has 0 atom stereocenters. The van der Waals surface area contributed by atoms with Gasteiger partial charge in [-0.15, -0.1) is 0 Å². The van der Waals surface area contributed by atoms with Crippen LogP contribution >= 0.6 is 0 Å². The third kappa shape index (κ3) is 4.22. The first-order valence-electron chi connectivity index (χ1n) is 9.54. The van der Waals surface area contributed by atoms with Gasteiger partial charge >= 0.3 is 0 Å². The van der Waals surface area contributed by atoms with Crippen molar-refractivity contribution in [1.29, 1.82) is 0 Å². The summed E-state index contributed by atoms with van der Waals surface area (Å²) >= 11 is 0. The van der Waals surface area contributed by atoms with E-state index in [0.717, 1.165) is 17.7 Å². The molecular weight excluding hydrogens is 417 g/mol. The fraction of sp³-hybridized carbons (Fsp3) is 0.381. The van der Waals surface area contributed by atoms with E-state index >= 15 is 0 Å². The van der Waals surface area contributed by atoms with Crippen LogP contribution in [0.15, 0.2) is 29.2 Å². The van der Waals surface area contributed by atoms with Gasteiger partial charge < -0.3 is 5.32 Å². The molecular formula is C21H23F3N2O3S. The fourth-order valence-electron chi connectivity index (χ4n) is 3.92. The zero-order chi connectivity index (χ0) is 22.2. The maximum atomic E-state index is 13.8. The molecule has 2 aromatic rings. The van der Waals surface area contributed by atoms with E-state index in [1.165, 1.54) is 4.31 Å². The van der Waals surface area contributed by atoms with Crippen LogP contribution in [0.25, 0.3) is 0 Å². The smallest absolute Gasteiger partial charge is 0.243 e. The van der Waals surface area contributed by atoms with Crippen molar-refractivity contribution in [1.82, 2.24) is 4.31 Å². The monoisotopic (exact) mass is 440 g/mol. The number of nitrogens with zero attached hydrogens (tertiary/aromatic N) is 1. The number of carbonyl (C=O) groups excluding carboxylic acids is 1. The maximum Gasteiger partial charge on any atom is 0.243 e. The molecule has 1 heterocycles. The number of aryl methyl sites for hydroxylation is 3. The molecule has 1 fully saturated rings. The van der Waals surface area contributed by atoms with Crippen LogP contribution in [0.4, 0.5) is 18.9 Å². The lowest BCUT2D eigenvalue weighted by atomic mass is 9.97. The molecule has 1 N–H and O–H groups in total. The normalized spacial score (nSPS) is 15.9. The average Bonchev–Trinajstić information content (AvgIpc) is 2.67. The average molecular weight is 440 g/mol. The van der Waals surface area contributed by atoms with Crippen molar-refractivity contribution in [2.75, 3.05) is 18.4 Å². The van der Waals surface area contributed by atoms with Crippen LogP contribution in [0.1, 0.15) is 29.5 Å². The Morgan fingerprint density at radius 2 is 1.57 bits per heavy atom. The predicted octanol–water partition coefficient (Wildman–Crippen LogP) is 4.07. The van der Waals surface area contributed by atoms with Crippen molar-refractivity contribution >= 4 is 21.6 Å².